The van der Waals surface area contributed by atoms with E-state index < -0.39 is 14.0 Å². The third kappa shape index (κ3) is 4.91. The van der Waals surface area contributed by atoms with Gasteiger partial charge in [-0.2, -0.15) is 5.10 Å². The smallest absolute Gasteiger partial charge is 0.359 e. The second kappa shape index (κ2) is 9.17. The van der Waals surface area contributed by atoms with E-state index in [0.717, 1.165) is 33.5 Å². The first-order valence-electron chi connectivity index (χ1n) is 9.95. The summed E-state index contributed by atoms with van der Waals surface area (Å²) in [5.41, 5.74) is 3.14. The van der Waals surface area contributed by atoms with Gasteiger partial charge in [0, 0.05) is 10.9 Å². The number of carbonyl (C=O) groups is 1. The number of hydrogen-bond donors (Lipinski definition) is 1. The molecule has 0 amide bonds. The zero-order valence-corrected chi connectivity index (χ0v) is 19.1. The number of rotatable bonds is 8. The van der Waals surface area contributed by atoms with Crippen molar-refractivity contribution in [3.8, 4) is 22.6 Å². The Bertz CT molecular complexity index is 990. The van der Waals surface area contributed by atoms with Gasteiger partial charge in [-0.25, -0.2) is 4.79 Å². The summed E-state index contributed by atoms with van der Waals surface area (Å²) in [6, 6.07) is 15.5. The quantitative estimate of drug-likeness (QED) is 0.429. The molecule has 0 saturated carbocycles. The minimum atomic E-state index is -1.76. The lowest BCUT2D eigenvalue weighted by atomic mass is 10.1. The van der Waals surface area contributed by atoms with E-state index >= 15 is 0 Å². The Balaban J connectivity index is 1.82. The highest BCUT2D eigenvalue weighted by Crippen LogP contribution is 2.26. The first-order chi connectivity index (χ1) is 14.3. The molecule has 0 aliphatic rings. The third-order valence-corrected chi connectivity index (χ3v) is 6.55. The fourth-order valence-corrected chi connectivity index (χ4v) is 4.52. The van der Waals surface area contributed by atoms with Crippen LogP contribution in [0.25, 0.3) is 11.1 Å². The zero-order chi connectivity index (χ0) is 21.7. The molecule has 0 atom stereocenters. The second-order valence-electron chi connectivity index (χ2n) is 7.95. The lowest BCUT2D eigenvalue weighted by Gasteiger charge is -2.17. The molecule has 30 heavy (non-hydrogen) atoms. The van der Waals surface area contributed by atoms with Crippen LogP contribution in [0, 0.1) is 0 Å². The maximum atomic E-state index is 12.4. The van der Waals surface area contributed by atoms with Crippen molar-refractivity contribution in [2.24, 2.45) is 0 Å². The summed E-state index contributed by atoms with van der Waals surface area (Å²) in [5, 5.41) is 8.40. The van der Waals surface area contributed by atoms with Gasteiger partial charge < -0.3 is 14.2 Å². The molecule has 7 heteroatoms. The van der Waals surface area contributed by atoms with Gasteiger partial charge in [0.2, 0.25) is 0 Å². The maximum absolute atomic E-state index is 12.4. The van der Waals surface area contributed by atoms with Gasteiger partial charge >= 0.3 is 5.97 Å². The van der Waals surface area contributed by atoms with Crippen LogP contribution in [0.2, 0.25) is 19.6 Å². The van der Waals surface area contributed by atoms with E-state index in [2.05, 4.69) is 29.8 Å². The second-order valence-corrected chi connectivity index (χ2v) is 13.0. The molecular formula is C23H28N2O4Si. The van der Waals surface area contributed by atoms with Crippen LogP contribution in [0.1, 0.15) is 23.0 Å². The van der Waals surface area contributed by atoms with Crippen LogP contribution in [0.5, 0.6) is 11.5 Å². The SMILES string of the molecule is CCOC(=O)c1n[nH]c([Si](C)(C)C)c1-c1ccc(OCc2ccc(OC)cc2)cc1. The summed E-state index contributed by atoms with van der Waals surface area (Å²) in [5.74, 6) is 1.16. The number of aromatic nitrogens is 2. The number of esters is 1. The van der Waals surface area contributed by atoms with Crippen molar-refractivity contribution in [1.82, 2.24) is 10.2 Å². The summed E-state index contributed by atoms with van der Waals surface area (Å²) in [6.07, 6.45) is 0. The topological polar surface area (TPSA) is 73.4 Å². The van der Waals surface area contributed by atoms with Crippen LogP contribution < -0.4 is 14.8 Å². The van der Waals surface area contributed by atoms with Crippen LogP contribution in [-0.2, 0) is 11.3 Å². The largest absolute Gasteiger partial charge is 0.497 e. The van der Waals surface area contributed by atoms with E-state index in [0.29, 0.717) is 18.9 Å². The molecule has 0 spiro atoms. The summed E-state index contributed by atoms with van der Waals surface area (Å²) in [7, 11) is -0.110. The first-order valence-corrected chi connectivity index (χ1v) is 13.5. The predicted molar refractivity (Wildman–Crippen MR) is 120 cm³/mol. The van der Waals surface area contributed by atoms with Crippen LogP contribution in [-0.4, -0.2) is 38.0 Å². The van der Waals surface area contributed by atoms with Gasteiger partial charge in [0.05, 0.1) is 13.7 Å². The van der Waals surface area contributed by atoms with Crippen LogP contribution in [0.4, 0.5) is 0 Å². The summed E-state index contributed by atoms with van der Waals surface area (Å²) < 4.78 is 16.3. The number of carbonyl (C=O) groups excluding carboxylic acids is 1. The van der Waals surface area contributed by atoms with Crippen LogP contribution in [0.3, 0.4) is 0 Å². The highest BCUT2D eigenvalue weighted by molar-refractivity contribution is 6.89. The van der Waals surface area contributed by atoms with Gasteiger partial charge in [-0.1, -0.05) is 43.9 Å². The molecular weight excluding hydrogens is 396 g/mol. The Labute approximate surface area is 178 Å². The fourth-order valence-electron chi connectivity index (χ4n) is 3.12. The van der Waals surface area contributed by atoms with E-state index in [4.69, 9.17) is 14.2 Å². The molecule has 0 fully saturated rings. The fraction of sp³-hybridized carbons (Fsp3) is 0.304. The molecule has 2 aromatic carbocycles. The molecule has 0 saturated heterocycles. The molecule has 1 heterocycles. The molecule has 0 bridgehead atoms. The Morgan fingerprint density at radius 1 is 1.00 bits per heavy atom. The molecule has 0 aliphatic carbocycles. The number of aromatic amines is 1. The Hall–Kier alpha value is -3.06. The molecule has 0 aliphatic heterocycles. The number of nitrogens with zero attached hydrogens (tertiary/aromatic N) is 1. The monoisotopic (exact) mass is 424 g/mol. The minimum Gasteiger partial charge on any atom is -0.497 e. The van der Waals surface area contributed by atoms with Gasteiger partial charge in [0.15, 0.2) is 5.69 Å². The Morgan fingerprint density at radius 3 is 2.20 bits per heavy atom. The number of nitrogens with one attached hydrogen (secondary N) is 1. The van der Waals surface area contributed by atoms with Crippen molar-refractivity contribution < 1.29 is 19.0 Å². The van der Waals surface area contributed by atoms with Crippen molar-refractivity contribution >= 4 is 19.4 Å². The number of H-pyrrole nitrogens is 1. The summed E-state index contributed by atoms with van der Waals surface area (Å²) in [6.45, 7) is 9.20. The highest BCUT2D eigenvalue weighted by Gasteiger charge is 2.29. The molecule has 6 nitrogen and oxygen atoms in total. The number of ether oxygens (including phenoxy) is 3. The van der Waals surface area contributed by atoms with E-state index in [1.807, 2.05) is 48.5 Å². The Kier molecular flexibility index (Phi) is 6.62. The van der Waals surface area contributed by atoms with Crippen molar-refractivity contribution in [3.05, 3.63) is 59.8 Å². The zero-order valence-electron chi connectivity index (χ0n) is 18.1. The van der Waals surface area contributed by atoms with Gasteiger partial charge in [-0.3, -0.25) is 5.10 Å². The van der Waals surface area contributed by atoms with Crippen LogP contribution in [0.15, 0.2) is 48.5 Å². The molecule has 3 rings (SSSR count). The average molecular weight is 425 g/mol. The molecule has 0 unspecified atom stereocenters. The predicted octanol–water partition coefficient (Wildman–Crippen LogP) is 4.39. The number of methoxy groups -OCH3 is 1. The van der Waals surface area contributed by atoms with E-state index in [1.165, 1.54) is 0 Å². The molecule has 1 aromatic heterocycles. The van der Waals surface area contributed by atoms with Gasteiger partial charge in [0.25, 0.3) is 0 Å². The summed E-state index contributed by atoms with van der Waals surface area (Å²) >= 11 is 0. The van der Waals surface area contributed by atoms with Gasteiger partial charge in [0.1, 0.15) is 26.2 Å². The van der Waals surface area contributed by atoms with Gasteiger partial charge in [-0.15, -0.1) is 0 Å². The lowest BCUT2D eigenvalue weighted by molar-refractivity contribution is 0.0520. The van der Waals surface area contributed by atoms with Crippen LogP contribution >= 0.6 is 0 Å². The summed E-state index contributed by atoms with van der Waals surface area (Å²) in [4.78, 5) is 12.4. The minimum absolute atomic E-state index is 0.311. The normalized spacial score (nSPS) is 11.2. The molecule has 158 valence electrons. The van der Waals surface area contributed by atoms with Crippen molar-refractivity contribution in [2.45, 2.75) is 33.2 Å². The third-order valence-electron chi connectivity index (χ3n) is 4.69. The molecule has 0 radical (unpaired) electrons. The lowest BCUT2D eigenvalue weighted by Crippen LogP contribution is -2.40. The highest BCUT2D eigenvalue weighted by atomic mass is 28.3. The number of hydrogen-bond acceptors (Lipinski definition) is 5. The number of benzene rings is 2. The first kappa shape index (κ1) is 21.6. The Morgan fingerprint density at radius 2 is 1.63 bits per heavy atom. The maximum Gasteiger partial charge on any atom is 0.359 e. The van der Waals surface area contributed by atoms with Crippen molar-refractivity contribution in [2.75, 3.05) is 13.7 Å². The molecule has 3 aromatic rings. The van der Waals surface area contributed by atoms with E-state index in [9.17, 15) is 4.79 Å². The van der Waals surface area contributed by atoms with Crippen molar-refractivity contribution in [3.63, 3.8) is 0 Å². The molecule has 1 N–H and O–H groups in total. The average Bonchev–Trinajstić information content (AvgIpc) is 3.19. The van der Waals surface area contributed by atoms with Gasteiger partial charge in [-0.05, 0) is 42.3 Å². The van der Waals surface area contributed by atoms with E-state index in [-0.39, 0.29) is 0 Å². The van der Waals surface area contributed by atoms with Crippen molar-refractivity contribution in [1.29, 1.82) is 0 Å². The van der Waals surface area contributed by atoms with E-state index in [1.54, 1.807) is 14.0 Å². The standard InChI is InChI=1S/C23H28N2O4Si/c1-6-28-23(26)21-20(22(25-24-21)30(3,4)5)17-9-13-19(14-10-17)29-15-16-7-11-18(27-2)12-8-16/h7-14H,6,15H2,1-5H3,(H,24,25).